The standard InChI is InChI=1S/C13H15ClN4S/c1-8-4-5-10(14)6-11(8)16-13(19)17-12-7-15-18(3)9(12)2/h4-7H,1-3H3,(H2,16,17,19). The number of benzene rings is 1. The number of anilines is 2. The van der Waals surface area contributed by atoms with Gasteiger partial charge in [-0.2, -0.15) is 5.10 Å². The molecule has 0 aliphatic rings. The second-order valence-corrected chi connectivity index (χ2v) is 5.15. The van der Waals surface area contributed by atoms with Crippen LogP contribution in [0.2, 0.25) is 5.02 Å². The minimum atomic E-state index is 0.515. The Kier molecular flexibility index (Phi) is 4.07. The fourth-order valence-electron chi connectivity index (χ4n) is 1.63. The Morgan fingerprint density at radius 1 is 1.26 bits per heavy atom. The van der Waals surface area contributed by atoms with Crippen LogP contribution < -0.4 is 10.6 Å². The number of hydrogen-bond donors (Lipinski definition) is 2. The summed E-state index contributed by atoms with van der Waals surface area (Å²) < 4.78 is 1.79. The molecule has 0 unspecified atom stereocenters. The average Bonchev–Trinajstić information content (AvgIpc) is 2.66. The van der Waals surface area contributed by atoms with Gasteiger partial charge in [0, 0.05) is 17.8 Å². The molecule has 0 amide bonds. The van der Waals surface area contributed by atoms with E-state index in [9.17, 15) is 0 Å². The predicted molar refractivity (Wildman–Crippen MR) is 84.0 cm³/mol. The Morgan fingerprint density at radius 2 is 1.95 bits per heavy atom. The maximum Gasteiger partial charge on any atom is 0.175 e. The summed E-state index contributed by atoms with van der Waals surface area (Å²) in [6.45, 7) is 3.97. The number of rotatable bonds is 2. The number of halogens is 1. The van der Waals surface area contributed by atoms with E-state index in [0.29, 0.717) is 10.1 Å². The fourth-order valence-corrected chi connectivity index (χ4v) is 2.02. The summed E-state index contributed by atoms with van der Waals surface area (Å²) in [5.41, 5.74) is 3.88. The number of aryl methyl sites for hydroxylation is 2. The van der Waals surface area contributed by atoms with Crippen LogP contribution in [0.5, 0.6) is 0 Å². The van der Waals surface area contributed by atoms with Gasteiger partial charge < -0.3 is 10.6 Å². The van der Waals surface area contributed by atoms with E-state index in [4.69, 9.17) is 23.8 Å². The molecule has 2 N–H and O–H groups in total. The van der Waals surface area contributed by atoms with E-state index in [-0.39, 0.29) is 0 Å². The van der Waals surface area contributed by atoms with Crippen molar-refractivity contribution in [3.05, 3.63) is 40.7 Å². The Morgan fingerprint density at radius 3 is 2.58 bits per heavy atom. The molecule has 1 heterocycles. The highest BCUT2D eigenvalue weighted by molar-refractivity contribution is 7.80. The summed E-state index contributed by atoms with van der Waals surface area (Å²) in [5, 5.41) is 11.6. The lowest BCUT2D eigenvalue weighted by atomic mass is 10.2. The Bertz CT molecular complexity index is 621. The van der Waals surface area contributed by atoms with Crippen molar-refractivity contribution in [2.24, 2.45) is 7.05 Å². The Hall–Kier alpha value is -1.59. The summed E-state index contributed by atoms with van der Waals surface area (Å²) in [7, 11) is 1.89. The number of aromatic nitrogens is 2. The molecule has 1 aromatic carbocycles. The van der Waals surface area contributed by atoms with Gasteiger partial charge in [-0.05, 0) is 43.8 Å². The van der Waals surface area contributed by atoms with Crippen LogP contribution >= 0.6 is 23.8 Å². The van der Waals surface area contributed by atoms with Crippen LogP contribution in [0.3, 0.4) is 0 Å². The van der Waals surface area contributed by atoms with Crippen LogP contribution in [0.15, 0.2) is 24.4 Å². The molecule has 0 saturated heterocycles. The van der Waals surface area contributed by atoms with Crippen molar-refractivity contribution < 1.29 is 0 Å². The van der Waals surface area contributed by atoms with Crippen LogP contribution in [0.4, 0.5) is 11.4 Å². The topological polar surface area (TPSA) is 41.9 Å². The summed E-state index contributed by atoms with van der Waals surface area (Å²) in [4.78, 5) is 0. The lowest BCUT2D eigenvalue weighted by Crippen LogP contribution is -2.20. The predicted octanol–water partition coefficient (Wildman–Crippen LogP) is 3.50. The zero-order chi connectivity index (χ0) is 14.0. The first-order chi connectivity index (χ1) is 8.97. The summed E-state index contributed by atoms with van der Waals surface area (Å²) in [6.07, 6.45) is 1.74. The largest absolute Gasteiger partial charge is 0.332 e. The monoisotopic (exact) mass is 294 g/mol. The maximum atomic E-state index is 5.97. The van der Waals surface area contributed by atoms with E-state index >= 15 is 0 Å². The first kappa shape index (κ1) is 13.8. The molecule has 19 heavy (non-hydrogen) atoms. The third-order valence-electron chi connectivity index (χ3n) is 2.93. The van der Waals surface area contributed by atoms with Gasteiger partial charge in [0.1, 0.15) is 0 Å². The molecule has 0 fully saturated rings. The minimum Gasteiger partial charge on any atom is -0.332 e. The van der Waals surface area contributed by atoms with Gasteiger partial charge in [-0.25, -0.2) is 0 Å². The van der Waals surface area contributed by atoms with E-state index in [1.807, 2.05) is 39.1 Å². The van der Waals surface area contributed by atoms with Crippen molar-refractivity contribution in [3.8, 4) is 0 Å². The third-order valence-corrected chi connectivity index (χ3v) is 3.37. The third kappa shape index (κ3) is 3.24. The smallest absolute Gasteiger partial charge is 0.175 e. The number of nitrogens with one attached hydrogen (secondary N) is 2. The highest BCUT2D eigenvalue weighted by atomic mass is 35.5. The van der Waals surface area contributed by atoms with Crippen molar-refractivity contribution in [1.82, 2.24) is 9.78 Å². The second kappa shape index (κ2) is 5.59. The van der Waals surface area contributed by atoms with Crippen molar-refractivity contribution in [2.45, 2.75) is 13.8 Å². The van der Waals surface area contributed by atoms with Gasteiger partial charge in [0.15, 0.2) is 5.11 Å². The highest BCUT2D eigenvalue weighted by Crippen LogP contribution is 2.20. The molecule has 4 nitrogen and oxygen atoms in total. The maximum absolute atomic E-state index is 5.97. The zero-order valence-corrected chi connectivity index (χ0v) is 12.6. The Labute approximate surface area is 122 Å². The van der Waals surface area contributed by atoms with Gasteiger partial charge >= 0.3 is 0 Å². The van der Waals surface area contributed by atoms with E-state index in [1.54, 1.807) is 10.9 Å². The zero-order valence-electron chi connectivity index (χ0n) is 11.0. The highest BCUT2D eigenvalue weighted by Gasteiger charge is 2.07. The van der Waals surface area contributed by atoms with Gasteiger partial charge in [0.2, 0.25) is 0 Å². The van der Waals surface area contributed by atoms with Gasteiger partial charge in [-0.3, -0.25) is 4.68 Å². The van der Waals surface area contributed by atoms with Crippen LogP contribution in [0.1, 0.15) is 11.3 Å². The quantitative estimate of drug-likeness (QED) is 0.832. The molecule has 1 aromatic heterocycles. The lowest BCUT2D eigenvalue weighted by molar-refractivity contribution is 0.740. The molecule has 0 aliphatic heterocycles. The summed E-state index contributed by atoms with van der Waals surface area (Å²) >= 11 is 11.3. The summed E-state index contributed by atoms with van der Waals surface area (Å²) in [6, 6.07) is 5.65. The van der Waals surface area contributed by atoms with Crippen molar-refractivity contribution in [2.75, 3.05) is 10.6 Å². The van der Waals surface area contributed by atoms with Gasteiger partial charge in [0.05, 0.1) is 17.6 Å². The van der Waals surface area contributed by atoms with Gasteiger partial charge in [-0.15, -0.1) is 0 Å². The second-order valence-electron chi connectivity index (χ2n) is 4.31. The van der Waals surface area contributed by atoms with Crippen molar-refractivity contribution in [3.63, 3.8) is 0 Å². The molecule has 6 heteroatoms. The fraction of sp³-hybridized carbons (Fsp3) is 0.231. The molecular weight excluding hydrogens is 280 g/mol. The molecule has 0 radical (unpaired) electrons. The molecule has 0 saturated carbocycles. The van der Waals surface area contributed by atoms with Gasteiger partial charge in [-0.1, -0.05) is 17.7 Å². The van der Waals surface area contributed by atoms with E-state index in [2.05, 4.69) is 15.7 Å². The molecule has 0 spiro atoms. The Balaban J connectivity index is 2.09. The lowest BCUT2D eigenvalue weighted by Gasteiger charge is -2.12. The van der Waals surface area contributed by atoms with Crippen LogP contribution in [0, 0.1) is 13.8 Å². The molecule has 0 atom stereocenters. The molecule has 100 valence electrons. The van der Waals surface area contributed by atoms with E-state index in [0.717, 1.165) is 22.6 Å². The number of thiocarbonyl (C=S) groups is 1. The summed E-state index contributed by atoms with van der Waals surface area (Å²) in [5.74, 6) is 0. The van der Waals surface area contributed by atoms with Crippen molar-refractivity contribution >= 4 is 40.3 Å². The minimum absolute atomic E-state index is 0.515. The first-order valence-electron chi connectivity index (χ1n) is 5.80. The average molecular weight is 295 g/mol. The van der Waals surface area contributed by atoms with E-state index < -0.39 is 0 Å². The van der Waals surface area contributed by atoms with Crippen LogP contribution in [-0.4, -0.2) is 14.9 Å². The normalized spacial score (nSPS) is 10.3. The molecule has 2 rings (SSSR count). The van der Waals surface area contributed by atoms with Gasteiger partial charge in [0.25, 0.3) is 0 Å². The van der Waals surface area contributed by atoms with Crippen LogP contribution in [0.25, 0.3) is 0 Å². The SMILES string of the molecule is Cc1ccc(Cl)cc1NC(=S)Nc1cnn(C)c1C. The molecule has 2 aromatic rings. The van der Waals surface area contributed by atoms with Crippen LogP contribution in [-0.2, 0) is 7.05 Å². The first-order valence-corrected chi connectivity index (χ1v) is 6.59. The number of hydrogen-bond acceptors (Lipinski definition) is 2. The number of nitrogens with zero attached hydrogens (tertiary/aromatic N) is 2. The molecule has 0 bridgehead atoms. The van der Waals surface area contributed by atoms with E-state index in [1.165, 1.54) is 0 Å². The molecular formula is C13H15ClN4S. The molecule has 0 aliphatic carbocycles. The van der Waals surface area contributed by atoms with Crippen molar-refractivity contribution in [1.29, 1.82) is 0 Å².